The number of fused-ring (bicyclic) bond motifs is 1. The molecule has 0 aliphatic rings. The fraction of sp³-hybridized carbons (Fsp3) is 0.256. The Morgan fingerprint density at radius 1 is 0.759 bits per heavy atom. The van der Waals surface area contributed by atoms with Crippen molar-refractivity contribution in [2.45, 2.75) is 65.4 Å². The molecule has 5 aromatic carbocycles. The van der Waals surface area contributed by atoms with Gasteiger partial charge in [-0.25, -0.2) is 4.68 Å². The average molecular weight is 744 g/mol. The maximum absolute atomic E-state index is 12.3. The van der Waals surface area contributed by atoms with E-state index in [-0.39, 0.29) is 5.91 Å². The molecule has 6 rings (SSSR count). The van der Waals surface area contributed by atoms with Crippen LogP contribution in [-0.4, -0.2) is 47.5 Å². The molecule has 0 saturated heterocycles. The summed E-state index contributed by atoms with van der Waals surface area (Å²) in [4.78, 5) is 12.3. The SMILES string of the molecule is CCCC(=O)Nc1nn(COCC[Si](C)(C)C)c2cc(-c3cccc(OCc4ccccc4)c3)ccc12.OB(O)c1cccc(OCc2ccccc2)c1. The molecule has 1 heterocycles. The Hall–Kier alpha value is -5.20. The predicted octanol–water partition coefficient (Wildman–Crippen LogP) is 8.28. The second-order valence-electron chi connectivity index (χ2n) is 14.2. The minimum absolute atomic E-state index is 0.0268. The molecule has 0 atom stereocenters. The molecule has 0 unspecified atom stereocenters. The zero-order valence-corrected chi connectivity index (χ0v) is 32.6. The number of anilines is 1. The molecule has 280 valence electrons. The number of carbonyl (C=O) groups excluding carboxylic acids is 1. The van der Waals surface area contributed by atoms with Crippen LogP contribution in [0.2, 0.25) is 25.7 Å². The van der Waals surface area contributed by atoms with Crippen molar-refractivity contribution >= 4 is 43.3 Å². The van der Waals surface area contributed by atoms with Gasteiger partial charge in [0.05, 0.1) is 5.52 Å². The first-order valence-corrected chi connectivity index (χ1v) is 22.1. The molecule has 1 aromatic heterocycles. The predicted molar refractivity (Wildman–Crippen MR) is 221 cm³/mol. The fourth-order valence-corrected chi connectivity index (χ4v) is 6.26. The Kier molecular flexibility index (Phi) is 14.6. The number of aromatic nitrogens is 2. The van der Waals surface area contributed by atoms with Gasteiger partial charge in [0.2, 0.25) is 5.91 Å². The van der Waals surface area contributed by atoms with Crippen LogP contribution in [0.4, 0.5) is 5.82 Å². The second kappa shape index (κ2) is 19.8. The average Bonchev–Trinajstić information content (AvgIpc) is 3.51. The minimum atomic E-state index is -1.46. The van der Waals surface area contributed by atoms with Gasteiger partial charge in [0.1, 0.15) is 31.4 Å². The summed E-state index contributed by atoms with van der Waals surface area (Å²) in [5.41, 5.74) is 5.65. The monoisotopic (exact) mass is 743 g/mol. The van der Waals surface area contributed by atoms with Gasteiger partial charge in [0, 0.05) is 26.5 Å². The van der Waals surface area contributed by atoms with E-state index in [9.17, 15) is 4.79 Å². The minimum Gasteiger partial charge on any atom is -0.489 e. The standard InChI is InChI=1S/C30H37N3O3Si.C13H13BO3/c1-5-10-29(34)31-30-27-16-15-25(20-28(27)33(32-30)22-35-17-18-37(2,3)4)24-13-9-14-26(19-24)36-21-23-11-7-6-8-12-23;15-14(16)12-7-4-8-13(9-12)17-10-11-5-2-1-3-6-11/h6-9,11-16,19-20H,5,10,17-18,21-22H2,1-4H3,(H,31,32,34);1-9,15-16H,10H2. The van der Waals surface area contributed by atoms with E-state index in [0.29, 0.717) is 50.0 Å². The van der Waals surface area contributed by atoms with E-state index >= 15 is 0 Å². The summed E-state index contributed by atoms with van der Waals surface area (Å²) in [6.45, 7) is 11.0. The number of amides is 1. The summed E-state index contributed by atoms with van der Waals surface area (Å²) in [7, 11) is -2.65. The number of carbonyl (C=O) groups is 1. The number of hydrogen-bond donors (Lipinski definition) is 3. The van der Waals surface area contributed by atoms with Gasteiger partial charge in [0.15, 0.2) is 5.82 Å². The molecule has 0 spiro atoms. The smallest absolute Gasteiger partial charge is 0.488 e. The van der Waals surface area contributed by atoms with Crippen LogP contribution in [0.5, 0.6) is 11.5 Å². The normalized spacial score (nSPS) is 11.1. The van der Waals surface area contributed by atoms with Gasteiger partial charge in [-0.15, -0.1) is 0 Å². The first kappa shape index (κ1) is 40.0. The van der Waals surface area contributed by atoms with Gasteiger partial charge in [0.25, 0.3) is 0 Å². The zero-order valence-electron chi connectivity index (χ0n) is 31.6. The van der Waals surface area contributed by atoms with Crippen molar-refractivity contribution in [3.05, 3.63) is 139 Å². The molecule has 0 saturated carbocycles. The van der Waals surface area contributed by atoms with Gasteiger partial charge in [-0.05, 0) is 76.6 Å². The topological polar surface area (TPSA) is 115 Å². The Labute approximate surface area is 319 Å². The highest BCUT2D eigenvalue weighted by Gasteiger charge is 2.16. The highest BCUT2D eigenvalue weighted by atomic mass is 28.3. The summed E-state index contributed by atoms with van der Waals surface area (Å²) in [6, 6.07) is 42.1. The van der Waals surface area contributed by atoms with Crippen LogP contribution in [0.3, 0.4) is 0 Å². The zero-order chi connectivity index (χ0) is 38.3. The molecule has 6 aromatic rings. The first-order chi connectivity index (χ1) is 26.1. The number of nitrogens with zero attached hydrogens (tertiary/aromatic N) is 2. The third kappa shape index (κ3) is 12.5. The van der Waals surface area contributed by atoms with Crippen molar-refractivity contribution in [2.24, 2.45) is 0 Å². The van der Waals surface area contributed by atoms with E-state index in [1.807, 2.05) is 78.3 Å². The molecule has 9 nitrogen and oxygen atoms in total. The van der Waals surface area contributed by atoms with Crippen molar-refractivity contribution in [1.29, 1.82) is 0 Å². The number of nitrogens with one attached hydrogen (secondary N) is 1. The Morgan fingerprint density at radius 3 is 1.98 bits per heavy atom. The van der Waals surface area contributed by atoms with Gasteiger partial charge in [-0.2, -0.15) is 5.10 Å². The van der Waals surface area contributed by atoms with Crippen molar-refractivity contribution in [1.82, 2.24) is 9.78 Å². The third-order valence-electron chi connectivity index (χ3n) is 8.52. The van der Waals surface area contributed by atoms with Gasteiger partial charge >= 0.3 is 7.12 Å². The maximum atomic E-state index is 12.3. The van der Waals surface area contributed by atoms with Crippen LogP contribution in [-0.2, 0) is 29.5 Å². The summed E-state index contributed by atoms with van der Waals surface area (Å²) in [5.74, 6) is 1.99. The number of benzene rings is 5. The van der Waals surface area contributed by atoms with Crippen LogP contribution in [0.15, 0.2) is 127 Å². The van der Waals surface area contributed by atoms with E-state index < -0.39 is 15.2 Å². The van der Waals surface area contributed by atoms with Gasteiger partial charge in [-0.3, -0.25) is 4.79 Å². The molecule has 0 bridgehead atoms. The molecule has 0 radical (unpaired) electrons. The van der Waals surface area contributed by atoms with Crippen LogP contribution in [0.25, 0.3) is 22.0 Å². The second-order valence-corrected chi connectivity index (χ2v) is 19.9. The lowest BCUT2D eigenvalue weighted by Gasteiger charge is -2.15. The van der Waals surface area contributed by atoms with Crippen LogP contribution in [0.1, 0.15) is 30.9 Å². The van der Waals surface area contributed by atoms with E-state index in [2.05, 4.69) is 61.4 Å². The van der Waals surface area contributed by atoms with Gasteiger partial charge < -0.3 is 29.6 Å². The number of rotatable bonds is 16. The number of hydrogen-bond acceptors (Lipinski definition) is 7. The maximum Gasteiger partial charge on any atom is 0.488 e. The molecular formula is C43H50BN3O6Si. The van der Waals surface area contributed by atoms with Crippen LogP contribution >= 0.6 is 0 Å². The molecule has 0 fully saturated rings. The lowest BCUT2D eigenvalue weighted by Crippen LogP contribution is -2.29. The Balaban J connectivity index is 0.000000274. The molecule has 1 amide bonds. The van der Waals surface area contributed by atoms with Crippen LogP contribution in [0, 0.1) is 0 Å². The highest BCUT2D eigenvalue weighted by molar-refractivity contribution is 6.76. The molecular weight excluding hydrogens is 693 g/mol. The van der Waals surface area contributed by atoms with Crippen molar-refractivity contribution in [3.8, 4) is 22.6 Å². The van der Waals surface area contributed by atoms with E-state index in [0.717, 1.165) is 51.4 Å². The third-order valence-corrected chi connectivity index (χ3v) is 10.2. The lowest BCUT2D eigenvalue weighted by molar-refractivity contribution is -0.116. The van der Waals surface area contributed by atoms with Crippen LogP contribution < -0.4 is 20.3 Å². The summed E-state index contributed by atoms with van der Waals surface area (Å²) in [6.07, 6.45) is 1.26. The molecule has 54 heavy (non-hydrogen) atoms. The van der Waals surface area contributed by atoms with Crippen molar-refractivity contribution < 1.29 is 29.1 Å². The first-order valence-electron chi connectivity index (χ1n) is 18.4. The van der Waals surface area contributed by atoms with E-state index in [1.165, 1.54) is 0 Å². The summed E-state index contributed by atoms with van der Waals surface area (Å²) < 4.78 is 19.5. The Bertz CT molecular complexity index is 2070. The van der Waals surface area contributed by atoms with E-state index in [1.54, 1.807) is 24.3 Å². The van der Waals surface area contributed by atoms with E-state index in [4.69, 9.17) is 29.4 Å². The van der Waals surface area contributed by atoms with Crippen molar-refractivity contribution in [2.75, 3.05) is 11.9 Å². The Morgan fingerprint density at radius 2 is 1.37 bits per heavy atom. The molecule has 0 aliphatic carbocycles. The molecule has 0 aliphatic heterocycles. The summed E-state index contributed by atoms with van der Waals surface area (Å²) >= 11 is 0. The lowest BCUT2D eigenvalue weighted by atomic mass is 9.80. The largest absolute Gasteiger partial charge is 0.489 e. The highest BCUT2D eigenvalue weighted by Crippen LogP contribution is 2.31. The fourth-order valence-electron chi connectivity index (χ4n) is 5.51. The molecule has 3 N–H and O–H groups in total. The summed E-state index contributed by atoms with van der Waals surface area (Å²) in [5, 5.41) is 26.7. The number of ether oxygens (including phenoxy) is 3. The van der Waals surface area contributed by atoms with Gasteiger partial charge in [-0.1, -0.05) is 118 Å². The van der Waals surface area contributed by atoms with Crippen molar-refractivity contribution in [3.63, 3.8) is 0 Å². The molecule has 11 heteroatoms. The quantitative estimate of drug-likeness (QED) is 0.0676.